The summed E-state index contributed by atoms with van der Waals surface area (Å²) in [6, 6.07) is 2.57. The number of methoxy groups -OCH3 is 1. The van der Waals surface area contributed by atoms with E-state index in [0.29, 0.717) is 12.3 Å². The fourth-order valence-corrected chi connectivity index (χ4v) is 3.02. The van der Waals surface area contributed by atoms with E-state index in [0.717, 1.165) is 0 Å². The standard InChI is InChI=1S/C16H22F3N3O3/c1-15(2)12(16(17,18)19)6-8-22(15)14(23)21-11-5-4-7-20-13(11)25-10-9-24-3/h4-5,7,12H,6,8-10H2,1-3H3,(H,21,23). The van der Waals surface area contributed by atoms with E-state index in [4.69, 9.17) is 9.47 Å². The van der Waals surface area contributed by atoms with Crippen molar-refractivity contribution in [3.63, 3.8) is 0 Å². The first-order chi connectivity index (χ1) is 11.7. The van der Waals surface area contributed by atoms with E-state index in [2.05, 4.69) is 10.3 Å². The van der Waals surface area contributed by atoms with Gasteiger partial charge in [0.2, 0.25) is 5.88 Å². The van der Waals surface area contributed by atoms with Crippen LogP contribution in [0.15, 0.2) is 18.3 Å². The van der Waals surface area contributed by atoms with Crippen LogP contribution in [0.5, 0.6) is 5.88 Å². The Balaban J connectivity index is 2.10. The molecule has 140 valence electrons. The van der Waals surface area contributed by atoms with Crippen LogP contribution in [0.4, 0.5) is 23.7 Å². The molecule has 9 heteroatoms. The molecule has 0 radical (unpaired) electrons. The number of aromatic nitrogens is 1. The number of anilines is 1. The van der Waals surface area contributed by atoms with Gasteiger partial charge in [-0.15, -0.1) is 0 Å². The van der Waals surface area contributed by atoms with Gasteiger partial charge in [0.15, 0.2) is 0 Å². The maximum absolute atomic E-state index is 13.2. The van der Waals surface area contributed by atoms with Gasteiger partial charge in [0.05, 0.1) is 18.1 Å². The summed E-state index contributed by atoms with van der Waals surface area (Å²) in [7, 11) is 1.52. The van der Waals surface area contributed by atoms with E-state index >= 15 is 0 Å². The van der Waals surface area contributed by atoms with Gasteiger partial charge in [0.25, 0.3) is 0 Å². The normalized spacial score (nSPS) is 19.8. The molecular formula is C16H22F3N3O3. The minimum Gasteiger partial charge on any atom is -0.474 e. The number of halogens is 3. The first-order valence-electron chi connectivity index (χ1n) is 7.90. The Morgan fingerprint density at radius 1 is 1.44 bits per heavy atom. The van der Waals surface area contributed by atoms with Crippen LogP contribution < -0.4 is 10.1 Å². The number of rotatable bonds is 5. The zero-order valence-electron chi connectivity index (χ0n) is 14.4. The number of hydrogen-bond donors (Lipinski definition) is 1. The van der Waals surface area contributed by atoms with E-state index in [1.54, 1.807) is 12.1 Å². The van der Waals surface area contributed by atoms with Gasteiger partial charge >= 0.3 is 12.2 Å². The molecule has 1 atom stereocenters. The highest BCUT2D eigenvalue weighted by Crippen LogP contribution is 2.44. The SMILES string of the molecule is COCCOc1ncccc1NC(=O)N1CCC(C(F)(F)F)C1(C)C. The third-order valence-electron chi connectivity index (χ3n) is 4.37. The number of nitrogens with zero attached hydrogens (tertiary/aromatic N) is 2. The number of likely N-dealkylation sites (tertiary alicyclic amines) is 1. The lowest BCUT2D eigenvalue weighted by Gasteiger charge is -2.36. The van der Waals surface area contributed by atoms with Gasteiger partial charge in [-0.25, -0.2) is 9.78 Å². The van der Waals surface area contributed by atoms with E-state index in [9.17, 15) is 18.0 Å². The number of urea groups is 1. The first-order valence-corrected chi connectivity index (χ1v) is 7.90. The monoisotopic (exact) mass is 361 g/mol. The second-order valence-electron chi connectivity index (χ2n) is 6.32. The van der Waals surface area contributed by atoms with Crippen LogP contribution in [0.2, 0.25) is 0 Å². The average molecular weight is 361 g/mol. The van der Waals surface area contributed by atoms with Crippen molar-refractivity contribution in [1.29, 1.82) is 0 Å². The Kier molecular flexibility index (Phi) is 5.76. The molecule has 1 aliphatic rings. The average Bonchev–Trinajstić information content (AvgIpc) is 2.84. The molecule has 1 aliphatic heterocycles. The largest absolute Gasteiger partial charge is 0.474 e. The second kappa shape index (κ2) is 7.47. The van der Waals surface area contributed by atoms with Crippen molar-refractivity contribution < 1.29 is 27.4 Å². The van der Waals surface area contributed by atoms with E-state index in [1.165, 1.54) is 32.1 Å². The summed E-state index contributed by atoms with van der Waals surface area (Å²) in [6.07, 6.45) is -2.97. The molecule has 0 spiro atoms. The summed E-state index contributed by atoms with van der Waals surface area (Å²) >= 11 is 0. The van der Waals surface area contributed by atoms with Gasteiger partial charge in [-0.1, -0.05) is 0 Å². The highest BCUT2D eigenvalue weighted by molar-refractivity contribution is 5.91. The van der Waals surface area contributed by atoms with Gasteiger partial charge in [-0.2, -0.15) is 13.2 Å². The van der Waals surface area contributed by atoms with Crippen molar-refractivity contribution in [2.75, 3.05) is 32.2 Å². The molecule has 1 aromatic heterocycles. The number of nitrogens with one attached hydrogen (secondary N) is 1. The number of alkyl halides is 3. The highest BCUT2D eigenvalue weighted by Gasteiger charge is 2.56. The molecule has 25 heavy (non-hydrogen) atoms. The van der Waals surface area contributed by atoms with Crippen LogP contribution in [0.3, 0.4) is 0 Å². The first kappa shape index (κ1) is 19.3. The van der Waals surface area contributed by atoms with Gasteiger partial charge in [-0.05, 0) is 32.4 Å². The quantitative estimate of drug-likeness (QED) is 0.818. The molecule has 1 saturated heterocycles. The van der Waals surface area contributed by atoms with Crippen LogP contribution in [0.1, 0.15) is 20.3 Å². The lowest BCUT2D eigenvalue weighted by Crippen LogP contribution is -2.51. The van der Waals surface area contributed by atoms with Crippen molar-refractivity contribution in [1.82, 2.24) is 9.88 Å². The maximum Gasteiger partial charge on any atom is 0.394 e. The second-order valence-corrected chi connectivity index (χ2v) is 6.32. The molecule has 2 heterocycles. The molecule has 0 aromatic carbocycles. The highest BCUT2D eigenvalue weighted by atomic mass is 19.4. The van der Waals surface area contributed by atoms with E-state index in [1.807, 2.05) is 0 Å². The van der Waals surface area contributed by atoms with E-state index in [-0.39, 0.29) is 25.5 Å². The topological polar surface area (TPSA) is 63.7 Å². The van der Waals surface area contributed by atoms with Crippen LogP contribution >= 0.6 is 0 Å². The summed E-state index contributed by atoms with van der Waals surface area (Å²) in [5, 5.41) is 2.60. The molecule has 6 nitrogen and oxygen atoms in total. The number of pyridine rings is 1. The predicted octanol–water partition coefficient (Wildman–Crippen LogP) is 3.30. The maximum atomic E-state index is 13.2. The molecular weight excluding hydrogens is 339 g/mol. The van der Waals surface area contributed by atoms with Crippen LogP contribution in [0, 0.1) is 5.92 Å². The summed E-state index contributed by atoms with van der Waals surface area (Å²) in [5.41, 5.74) is -1.03. The molecule has 0 bridgehead atoms. The zero-order valence-corrected chi connectivity index (χ0v) is 14.4. The number of carbonyl (C=O) groups excluding carboxylic acids is 1. The molecule has 2 rings (SSSR count). The van der Waals surface area contributed by atoms with Crippen LogP contribution in [-0.4, -0.2) is 54.5 Å². The van der Waals surface area contributed by atoms with Crippen LogP contribution in [-0.2, 0) is 4.74 Å². The van der Waals surface area contributed by atoms with Crippen molar-refractivity contribution in [2.45, 2.75) is 32.0 Å². The zero-order chi connectivity index (χ0) is 18.7. The smallest absolute Gasteiger partial charge is 0.394 e. The molecule has 1 N–H and O–H groups in total. The summed E-state index contributed by atoms with van der Waals surface area (Å²) in [5.74, 6) is -1.37. The Hall–Kier alpha value is -2.03. The third-order valence-corrected chi connectivity index (χ3v) is 4.37. The summed E-state index contributed by atoms with van der Waals surface area (Å²) < 4.78 is 49.8. The summed E-state index contributed by atoms with van der Waals surface area (Å²) in [4.78, 5) is 17.8. The van der Waals surface area contributed by atoms with Gasteiger partial charge in [-0.3, -0.25) is 0 Å². The Morgan fingerprint density at radius 3 is 2.76 bits per heavy atom. The Morgan fingerprint density at radius 2 is 2.16 bits per heavy atom. The number of hydrogen-bond acceptors (Lipinski definition) is 4. The minimum atomic E-state index is -4.35. The number of amides is 2. The van der Waals surface area contributed by atoms with E-state index < -0.39 is 23.7 Å². The van der Waals surface area contributed by atoms with Gasteiger partial charge in [0, 0.05) is 19.9 Å². The molecule has 1 fully saturated rings. The Labute approximate surface area is 144 Å². The lowest BCUT2D eigenvalue weighted by molar-refractivity contribution is -0.189. The fourth-order valence-electron chi connectivity index (χ4n) is 3.02. The minimum absolute atomic E-state index is 0.0309. The molecule has 1 unspecified atom stereocenters. The lowest BCUT2D eigenvalue weighted by atomic mass is 9.88. The van der Waals surface area contributed by atoms with Gasteiger partial charge in [0.1, 0.15) is 12.3 Å². The fraction of sp³-hybridized carbons (Fsp3) is 0.625. The molecule has 1 aromatic rings. The molecule has 0 saturated carbocycles. The van der Waals surface area contributed by atoms with Crippen LogP contribution in [0.25, 0.3) is 0 Å². The Bertz CT molecular complexity index is 608. The number of ether oxygens (including phenoxy) is 2. The summed E-state index contributed by atoms with van der Waals surface area (Å²) in [6.45, 7) is 3.47. The van der Waals surface area contributed by atoms with Crippen molar-refractivity contribution in [3.05, 3.63) is 18.3 Å². The van der Waals surface area contributed by atoms with Crippen molar-refractivity contribution in [2.24, 2.45) is 5.92 Å². The third kappa shape index (κ3) is 4.33. The van der Waals surface area contributed by atoms with Crippen molar-refractivity contribution in [3.8, 4) is 5.88 Å². The molecule has 2 amide bonds. The van der Waals surface area contributed by atoms with Crippen molar-refractivity contribution >= 4 is 11.7 Å². The van der Waals surface area contributed by atoms with Gasteiger partial charge < -0.3 is 19.7 Å². The molecule has 0 aliphatic carbocycles. The predicted molar refractivity (Wildman–Crippen MR) is 85.6 cm³/mol. The number of carbonyl (C=O) groups is 1.